The lowest BCUT2D eigenvalue weighted by molar-refractivity contribution is 0.448. The SMILES string of the molecule is NC1CSCC1CC1CSc2ccccc21. The number of benzene rings is 1. The van der Waals surface area contributed by atoms with Crippen LogP contribution in [0.4, 0.5) is 0 Å². The molecule has 0 spiro atoms. The predicted molar refractivity (Wildman–Crippen MR) is 73.3 cm³/mol. The molecule has 2 heterocycles. The monoisotopic (exact) mass is 251 g/mol. The van der Waals surface area contributed by atoms with Gasteiger partial charge >= 0.3 is 0 Å². The van der Waals surface area contributed by atoms with E-state index < -0.39 is 0 Å². The lowest BCUT2D eigenvalue weighted by Gasteiger charge is -2.19. The zero-order valence-electron chi connectivity index (χ0n) is 9.26. The molecule has 3 unspecified atom stereocenters. The molecule has 86 valence electrons. The molecule has 1 nitrogen and oxygen atoms in total. The molecule has 16 heavy (non-hydrogen) atoms. The van der Waals surface area contributed by atoms with E-state index in [0.717, 1.165) is 17.6 Å². The van der Waals surface area contributed by atoms with E-state index in [1.165, 1.54) is 22.8 Å². The van der Waals surface area contributed by atoms with Gasteiger partial charge < -0.3 is 5.73 Å². The third-order valence-electron chi connectivity index (χ3n) is 3.63. The zero-order valence-corrected chi connectivity index (χ0v) is 10.9. The first-order valence-electron chi connectivity index (χ1n) is 5.89. The zero-order chi connectivity index (χ0) is 11.0. The third-order valence-corrected chi connectivity index (χ3v) is 6.17. The summed E-state index contributed by atoms with van der Waals surface area (Å²) in [4.78, 5) is 1.49. The van der Waals surface area contributed by atoms with E-state index in [4.69, 9.17) is 5.73 Å². The standard InChI is InChI=1S/C13H17NS2/c14-12-8-15-6-10(12)5-9-7-16-13-4-2-1-3-11(9)13/h1-4,9-10,12H,5-8,14H2. The summed E-state index contributed by atoms with van der Waals surface area (Å²) < 4.78 is 0. The summed E-state index contributed by atoms with van der Waals surface area (Å²) in [6.07, 6.45) is 1.29. The summed E-state index contributed by atoms with van der Waals surface area (Å²) in [5.74, 6) is 5.17. The molecule has 1 aromatic rings. The number of hydrogen-bond acceptors (Lipinski definition) is 3. The first-order chi connectivity index (χ1) is 7.84. The van der Waals surface area contributed by atoms with Gasteiger partial charge in [0.05, 0.1) is 0 Å². The van der Waals surface area contributed by atoms with Crippen molar-refractivity contribution in [1.82, 2.24) is 0 Å². The Morgan fingerprint density at radius 2 is 2.06 bits per heavy atom. The maximum absolute atomic E-state index is 6.15. The minimum Gasteiger partial charge on any atom is -0.327 e. The van der Waals surface area contributed by atoms with Crippen LogP contribution in [0.15, 0.2) is 29.2 Å². The smallest absolute Gasteiger partial charge is 0.0167 e. The van der Waals surface area contributed by atoms with Gasteiger partial charge in [0.2, 0.25) is 0 Å². The van der Waals surface area contributed by atoms with Crippen LogP contribution in [0.25, 0.3) is 0 Å². The number of rotatable bonds is 2. The van der Waals surface area contributed by atoms with Crippen LogP contribution >= 0.6 is 23.5 Å². The highest BCUT2D eigenvalue weighted by Gasteiger charge is 2.30. The van der Waals surface area contributed by atoms with Crippen molar-refractivity contribution in [1.29, 1.82) is 0 Å². The van der Waals surface area contributed by atoms with E-state index in [9.17, 15) is 0 Å². The molecule has 0 saturated carbocycles. The van der Waals surface area contributed by atoms with Crippen molar-refractivity contribution in [3.05, 3.63) is 29.8 Å². The Bertz CT molecular complexity index is 380. The highest BCUT2D eigenvalue weighted by Crippen LogP contribution is 2.43. The van der Waals surface area contributed by atoms with E-state index in [2.05, 4.69) is 24.3 Å². The van der Waals surface area contributed by atoms with Gasteiger partial charge in [-0.3, -0.25) is 0 Å². The molecule has 2 N–H and O–H groups in total. The van der Waals surface area contributed by atoms with Crippen LogP contribution in [0.3, 0.4) is 0 Å². The second-order valence-corrected chi connectivity index (χ2v) is 6.88. The Balaban J connectivity index is 1.73. The lowest BCUT2D eigenvalue weighted by Crippen LogP contribution is -2.29. The van der Waals surface area contributed by atoms with Crippen LogP contribution in [-0.2, 0) is 0 Å². The minimum atomic E-state index is 0.433. The van der Waals surface area contributed by atoms with E-state index in [1.54, 1.807) is 5.56 Å². The number of hydrogen-bond donors (Lipinski definition) is 1. The fraction of sp³-hybridized carbons (Fsp3) is 0.538. The van der Waals surface area contributed by atoms with Gasteiger partial charge in [0, 0.05) is 22.4 Å². The van der Waals surface area contributed by atoms with Gasteiger partial charge in [-0.15, -0.1) is 11.8 Å². The van der Waals surface area contributed by atoms with Crippen molar-refractivity contribution in [2.24, 2.45) is 11.7 Å². The van der Waals surface area contributed by atoms with Gasteiger partial charge in [-0.1, -0.05) is 18.2 Å². The third kappa shape index (κ3) is 2.01. The summed E-state index contributed by atoms with van der Waals surface area (Å²) in [7, 11) is 0. The quantitative estimate of drug-likeness (QED) is 0.875. The second kappa shape index (κ2) is 4.63. The molecule has 3 rings (SSSR count). The number of nitrogens with two attached hydrogens (primary N) is 1. The molecule has 0 aromatic heterocycles. The molecule has 0 bridgehead atoms. The van der Waals surface area contributed by atoms with Gasteiger partial charge in [-0.05, 0) is 35.6 Å². The fourth-order valence-electron chi connectivity index (χ4n) is 2.65. The van der Waals surface area contributed by atoms with Crippen molar-refractivity contribution in [2.75, 3.05) is 17.3 Å². The maximum Gasteiger partial charge on any atom is 0.0167 e. The molecule has 2 aliphatic heterocycles. The molecular weight excluding hydrogens is 234 g/mol. The van der Waals surface area contributed by atoms with E-state index >= 15 is 0 Å². The Labute approximate surface area is 106 Å². The van der Waals surface area contributed by atoms with Crippen LogP contribution in [0.1, 0.15) is 17.9 Å². The van der Waals surface area contributed by atoms with Crippen molar-refractivity contribution in [3.63, 3.8) is 0 Å². The molecule has 0 amide bonds. The lowest BCUT2D eigenvalue weighted by atomic mass is 9.88. The maximum atomic E-state index is 6.15. The van der Waals surface area contributed by atoms with E-state index in [1.807, 2.05) is 23.5 Å². The van der Waals surface area contributed by atoms with Gasteiger partial charge in [-0.25, -0.2) is 0 Å². The Morgan fingerprint density at radius 1 is 1.19 bits per heavy atom. The average Bonchev–Trinajstić information content (AvgIpc) is 2.88. The Morgan fingerprint density at radius 3 is 2.88 bits per heavy atom. The van der Waals surface area contributed by atoms with Gasteiger partial charge in [-0.2, -0.15) is 11.8 Å². The molecular formula is C13H17NS2. The van der Waals surface area contributed by atoms with E-state index in [0.29, 0.717) is 6.04 Å². The predicted octanol–water partition coefficient (Wildman–Crippen LogP) is 2.96. The highest BCUT2D eigenvalue weighted by atomic mass is 32.2. The Hall–Kier alpha value is -0.120. The first kappa shape index (κ1) is 11.0. The molecule has 0 radical (unpaired) electrons. The average molecular weight is 251 g/mol. The molecule has 0 aliphatic carbocycles. The molecule has 3 heteroatoms. The summed E-state index contributed by atoms with van der Waals surface area (Å²) in [5, 5.41) is 0. The van der Waals surface area contributed by atoms with Crippen molar-refractivity contribution in [2.45, 2.75) is 23.3 Å². The van der Waals surface area contributed by atoms with Crippen LogP contribution in [-0.4, -0.2) is 23.3 Å². The topological polar surface area (TPSA) is 26.0 Å². The highest BCUT2D eigenvalue weighted by molar-refractivity contribution is 7.99. The van der Waals surface area contributed by atoms with Crippen molar-refractivity contribution in [3.8, 4) is 0 Å². The fourth-order valence-corrected chi connectivity index (χ4v) is 5.29. The molecule has 1 saturated heterocycles. The molecule has 1 fully saturated rings. The summed E-state index contributed by atoms with van der Waals surface area (Å²) in [6, 6.07) is 9.30. The Kier molecular flexibility index (Phi) is 3.18. The number of fused-ring (bicyclic) bond motifs is 1. The molecule has 1 aromatic carbocycles. The van der Waals surface area contributed by atoms with E-state index in [-0.39, 0.29) is 0 Å². The number of thioether (sulfide) groups is 2. The molecule has 3 atom stereocenters. The van der Waals surface area contributed by atoms with Gasteiger partial charge in [0.15, 0.2) is 0 Å². The second-order valence-electron chi connectivity index (χ2n) is 4.74. The van der Waals surface area contributed by atoms with Crippen LogP contribution < -0.4 is 5.73 Å². The van der Waals surface area contributed by atoms with Crippen LogP contribution in [0.5, 0.6) is 0 Å². The normalized spacial score (nSPS) is 32.9. The largest absolute Gasteiger partial charge is 0.327 e. The minimum absolute atomic E-state index is 0.433. The first-order valence-corrected chi connectivity index (χ1v) is 8.03. The molecule has 2 aliphatic rings. The summed E-state index contributed by atoms with van der Waals surface area (Å²) in [5.41, 5.74) is 7.72. The van der Waals surface area contributed by atoms with Crippen molar-refractivity contribution < 1.29 is 0 Å². The van der Waals surface area contributed by atoms with Crippen molar-refractivity contribution >= 4 is 23.5 Å². The van der Waals surface area contributed by atoms with Crippen LogP contribution in [0.2, 0.25) is 0 Å². The van der Waals surface area contributed by atoms with Crippen LogP contribution in [0, 0.1) is 5.92 Å². The van der Waals surface area contributed by atoms with Gasteiger partial charge in [0.25, 0.3) is 0 Å². The van der Waals surface area contributed by atoms with Gasteiger partial charge in [0.1, 0.15) is 0 Å². The summed E-state index contributed by atoms with van der Waals surface area (Å²) in [6.45, 7) is 0. The summed E-state index contributed by atoms with van der Waals surface area (Å²) >= 11 is 4.04.